The van der Waals surface area contributed by atoms with E-state index in [4.69, 9.17) is 10.2 Å². The van der Waals surface area contributed by atoms with Gasteiger partial charge in [0.2, 0.25) is 11.8 Å². The number of rotatable bonds is 5. The standard InChI is InChI=1S/C10H13F2NO5/c11-10(12)2-1-5(4-10)8(16)13-6(9(17)18)3-7(14)15/h5-6H,1-4H2,(H,13,16)(H,14,15)(H,17,18)/t5?,6-/m0/s1. The van der Waals surface area contributed by atoms with E-state index < -0.39 is 55.0 Å². The van der Waals surface area contributed by atoms with Crippen LogP contribution in [0.2, 0.25) is 0 Å². The van der Waals surface area contributed by atoms with Crippen molar-refractivity contribution < 1.29 is 33.4 Å². The minimum absolute atomic E-state index is 0.0295. The molecule has 0 aromatic carbocycles. The quantitative estimate of drug-likeness (QED) is 0.670. The average Bonchev–Trinajstić information content (AvgIpc) is 2.57. The van der Waals surface area contributed by atoms with Crippen LogP contribution in [0.25, 0.3) is 0 Å². The molecule has 2 atom stereocenters. The van der Waals surface area contributed by atoms with Crippen LogP contribution in [0.5, 0.6) is 0 Å². The van der Waals surface area contributed by atoms with Crippen LogP contribution in [0.15, 0.2) is 0 Å². The molecule has 0 aromatic heterocycles. The first kappa shape index (κ1) is 14.3. The number of amides is 1. The number of aliphatic carboxylic acids is 2. The van der Waals surface area contributed by atoms with E-state index in [1.807, 2.05) is 5.32 Å². The molecule has 1 rings (SSSR count). The van der Waals surface area contributed by atoms with Crippen LogP contribution < -0.4 is 5.32 Å². The fourth-order valence-corrected chi connectivity index (χ4v) is 1.84. The van der Waals surface area contributed by atoms with Crippen molar-refractivity contribution in [2.45, 2.75) is 37.6 Å². The van der Waals surface area contributed by atoms with E-state index >= 15 is 0 Å². The first-order valence-corrected chi connectivity index (χ1v) is 5.34. The third-order valence-electron chi connectivity index (χ3n) is 2.77. The van der Waals surface area contributed by atoms with Gasteiger partial charge in [-0.15, -0.1) is 0 Å². The van der Waals surface area contributed by atoms with Crippen LogP contribution in [-0.2, 0) is 14.4 Å². The van der Waals surface area contributed by atoms with Gasteiger partial charge in [-0.05, 0) is 6.42 Å². The number of carbonyl (C=O) groups is 3. The Bertz CT molecular complexity index is 371. The summed E-state index contributed by atoms with van der Waals surface area (Å²) in [5, 5.41) is 19.1. The summed E-state index contributed by atoms with van der Waals surface area (Å²) in [7, 11) is 0. The van der Waals surface area contributed by atoms with Gasteiger partial charge in [0, 0.05) is 18.8 Å². The molecule has 1 amide bonds. The predicted molar refractivity (Wildman–Crippen MR) is 54.1 cm³/mol. The zero-order valence-corrected chi connectivity index (χ0v) is 9.36. The fraction of sp³-hybridized carbons (Fsp3) is 0.700. The molecule has 0 aliphatic heterocycles. The van der Waals surface area contributed by atoms with Gasteiger partial charge >= 0.3 is 11.9 Å². The molecule has 0 aromatic rings. The lowest BCUT2D eigenvalue weighted by Crippen LogP contribution is -2.44. The molecule has 0 spiro atoms. The van der Waals surface area contributed by atoms with E-state index in [0.717, 1.165) is 0 Å². The van der Waals surface area contributed by atoms with Crippen molar-refractivity contribution in [3.05, 3.63) is 0 Å². The molecule has 1 unspecified atom stereocenters. The van der Waals surface area contributed by atoms with Crippen molar-refractivity contribution in [3.63, 3.8) is 0 Å². The molecule has 0 heterocycles. The van der Waals surface area contributed by atoms with Crippen molar-refractivity contribution in [1.29, 1.82) is 0 Å². The van der Waals surface area contributed by atoms with Crippen molar-refractivity contribution in [3.8, 4) is 0 Å². The lowest BCUT2D eigenvalue weighted by molar-refractivity contribution is -0.147. The molecule has 1 fully saturated rings. The van der Waals surface area contributed by atoms with E-state index in [0.29, 0.717) is 0 Å². The monoisotopic (exact) mass is 265 g/mol. The van der Waals surface area contributed by atoms with Crippen molar-refractivity contribution in [2.75, 3.05) is 0 Å². The normalized spacial score (nSPS) is 23.3. The van der Waals surface area contributed by atoms with E-state index in [1.54, 1.807) is 0 Å². The zero-order chi connectivity index (χ0) is 13.9. The van der Waals surface area contributed by atoms with Gasteiger partial charge in [-0.1, -0.05) is 0 Å². The summed E-state index contributed by atoms with van der Waals surface area (Å²) in [6.07, 6.45) is -1.86. The summed E-state index contributed by atoms with van der Waals surface area (Å²) >= 11 is 0. The van der Waals surface area contributed by atoms with E-state index in [1.165, 1.54) is 0 Å². The smallest absolute Gasteiger partial charge is 0.326 e. The Hall–Kier alpha value is -1.73. The van der Waals surface area contributed by atoms with E-state index in [9.17, 15) is 23.2 Å². The Morgan fingerprint density at radius 3 is 2.33 bits per heavy atom. The number of alkyl halides is 2. The van der Waals surface area contributed by atoms with Gasteiger partial charge < -0.3 is 15.5 Å². The topological polar surface area (TPSA) is 104 Å². The number of hydrogen-bond acceptors (Lipinski definition) is 3. The number of halogens is 2. The Labute approximate surface area is 101 Å². The van der Waals surface area contributed by atoms with Gasteiger partial charge in [0.1, 0.15) is 6.04 Å². The largest absolute Gasteiger partial charge is 0.481 e. The highest BCUT2D eigenvalue weighted by Crippen LogP contribution is 2.38. The summed E-state index contributed by atoms with van der Waals surface area (Å²) < 4.78 is 25.7. The SMILES string of the molecule is O=C(O)C[C@H](NC(=O)C1CCC(F)(F)C1)C(=O)O. The molecule has 0 bridgehead atoms. The maximum atomic E-state index is 12.9. The second kappa shape index (κ2) is 5.28. The third kappa shape index (κ3) is 3.94. The third-order valence-corrected chi connectivity index (χ3v) is 2.77. The van der Waals surface area contributed by atoms with Crippen LogP contribution >= 0.6 is 0 Å². The van der Waals surface area contributed by atoms with Gasteiger partial charge in [-0.25, -0.2) is 13.6 Å². The van der Waals surface area contributed by atoms with Gasteiger partial charge in [0.05, 0.1) is 6.42 Å². The lowest BCUT2D eigenvalue weighted by Gasteiger charge is -2.16. The second-order valence-corrected chi connectivity index (χ2v) is 4.29. The zero-order valence-electron chi connectivity index (χ0n) is 9.36. The lowest BCUT2D eigenvalue weighted by atomic mass is 10.1. The highest BCUT2D eigenvalue weighted by atomic mass is 19.3. The summed E-state index contributed by atoms with van der Waals surface area (Å²) in [6, 6.07) is -1.59. The van der Waals surface area contributed by atoms with Crippen molar-refractivity contribution in [2.24, 2.45) is 5.92 Å². The summed E-state index contributed by atoms with van der Waals surface area (Å²) in [4.78, 5) is 32.6. The Kier molecular flexibility index (Phi) is 4.20. The van der Waals surface area contributed by atoms with Gasteiger partial charge in [0.25, 0.3) is 0 Å². The van der Waals surface area contributed by atoms with Crippen molar-refractivity contribution in [1.82, 2.24) is 5.32 Å². The molecule has 18 heavy (non-hydrogen) atoms. The first-order chi connectivity index (χ1) is 8.21. The molecule has 6 nitrogen and oxygen atoms in total. The minimum atomic E-state index is -2.91. The van der Waals surface area contributed by atoms with E-state index in [2.05, 4.69) is 0 Å². The maximum absolute atomic E-state index is 12.9. The van der Waals surface area contributed by atoms with Crippen LogP contribution in [0.4, 0.5) is 8.78 Å². The minimum Gasteiger partial charge on any atom is -0.481 e. The molecular formula is C10H13F2NO5. The van der Waals surface area contributed by atoms with Gasteiger partial charge in [0.15, 0.2) is 0 Å². The molecule has 8 heteroatoms. The Balaban J connectivity index is 2.57. The maximum Gasteiger partial charge on any atom is 0.326 e. The van der Waals surface area contributed by atoms with Crippen LogP contribution in [0.3, 0.4) is 0 Å². The summed E-state index contributed by atoms with van der Waals surface area (Å²) in [5.74, 6) is -7.60. The summed E-state index contributed by atoms with van der Waals surface area (Å²) in [6.45, 7) is 0. The predicted octanol–water partition coefficient (Wildman–Crippen LogP) is 0.466. The number of nitrogens with one attached hydrogen (secondary N) is 1. The van der Waals surface area contributed by atoms with E-state index in [-0.39, 0.29) is 6.42 Å². The number of hydrogen-bond donors (Lipinski definition) is 3. The van der Waals surface area contributed by atoms with Gasteiger partial charge in [-0.2, -0.15) is 0 Å². The Morgan fingerprint density at radius 1 is 1.33 bits per heavy atom. The van der Waals surface area contributed by atoms with Crippen LogP contribution in [0, 0.1) is 5.92 Å². The molecular weight excluding hydrogens is 252 g/mol. The van der Waals surface area contributed by atoms with Crippen molar-refractivity contribution >= 4 is 17.8 Å². The van der Waals surface area contributed by atoms with Gasteiger partial charge in [-0.3, -0.25) is 9.59 Å². The number of carboxylic acids is 2. The summed E-state index contributed by atoms with van der Waals surface area (Å²) in [5.41, 5.74) is 0. The average molecular weight is 265 g/mol. The molecule has 0 radical (unpaired) electrons. The fourth-order valence-electron chi connectivity index (χ4n) is 1.84. The highest BCUT2D eigenvalue weighted by Gasteiger charge is 2.43. The first-order valence-electron chi connectivity index (χ1n) is 5.34. The molecule has 1 aliphatic carbocycles. The number of carbonyl (C=O) groups excluding carboxylic acids is 1. The van der Waals surface area contributed by atoms with Crippen LogP contribution in [0.1, 0.15) is 25.7 Å². The Morgan fingerprint density at radius 2 is 1.94 bits per heavy atom. The second-order valence-electron chi connectivity index (χ2n) is 4.29. The number of carboxylic acid groups (broad SMARTS) is 2. The van der Waals surface area contributed by atoms with Crippen LogP contribution in [-0.4, -0.2) is 40.0 Å². The molecule has 3 N–H and O–H groups in total. The molecule has 0 saturated heterocycles. The molecule has 1 aliphatic rings. The highest BCUT2D eigenvalue weighted by molar-refractivity contribution is 5.87. The molecule has 102 valence electrons. The molecule has 1 saturated carbocycles.